The Balaban J connectivity index is 1.37. The first kappa shape index (κ1) is 29.8. The molecule has 3 amide bonds. The second kappa shape index (κ2) is 13.6. The summed E-state index contributed by atoms with van der Waals surface area (Å²) < 4.78 is 21.5. The quantitative estimate of drug-likeness (QED) is 0.325. The van der Waals surface area contributed by atoms with E-state index in [1.165, 1.54) is 4.90 Å². The summed E-state index contributed by atoms with van der Waals surface area (Å²) in [4.78, 5) is 47.2. The van der Waals surface area contributed by atoms with Crippen molar-refractivity contribution in [1.82, 2.24) is 20.0 Å². The number of nitrogen functional groups attached to an aromatic ring is 1. The molecule has 2 aromatic heterocycles. The highest BCUT2D eigenvalue weighted by atomic mass is 32.1. The highest BCUT2D eigenvalue weighted by molar-refractivity contribution is 7.09. The van der Waals surface area contributed by atoms with Crippen molar-refractivity contribution in [3.8, 4) is 11.5 Å². The molecule has 0 unspecified atom stereocenters. The predicted molar refractivity (Wildman–Crippen MR) is 164 cm³/mol. The third-order valence-corrected chi connectivity index (χ3v) is 9.01. The number of rotatable bonds is 9. The minimum Gasteiger partial charge on any atom is -0.486 e. The van der Waals surface area contributed by atoms with Gasteiger partial charge in [-0.05, 0) is 67.0 Å². The number of anilines is 2. The number of aromatic nitrogens is 2. The lowest BCUT2D eigenvalue weighted by atomic mass is 9.95. The molecule has 4 heterocycles. The maximum absolute atomic E-state index is 14.5. The molecule has 2 fully saturated rings. The fraction of sp³-hybridized carbons (Fsp3) is 0.452. The molecule has 0 spiro atoms. The summed E-state index contributed by atoms with van der Waals surface area (Å²) in [5, 5.41) is 6.00. The second-order valence-electron chi connectivity index (χ2n) is 11.1. The maximum atomic E-state index is 14.5. The molecule has 0 bridgehead atoms. The fourth-order valence-corrected chi connectivity index (χ4v) is 6.61. The van der Waals surface area contributed by atoms with Gasteiger partial charge in [-0.3, -0.25) is 24.3 Å². The zero-order valence-corrected chi connectivity index (χ0v) is 25.1. The van der Waals surface area contributed by atoms with E-state index in [2.05, 4.69) is 20.0 Å². The lowest BCUT2D eigenvalue weighted by Gasteiger charge is -2.32. The number of pyridine rings is 1. The van der Waals surface area contributed by atoms with Crippen LogP contribution < -0.4 is 30.7 Å². The Morgan fingerprint density at radius 2 is 1.75 bits per heavy atom. The van der Waals surface area contributed by atoms with E-state index in [0.717, 1.165) is 56.5 Å². The maximum Gasteiger partial charge on any atom is 0.273 e. The minimum absolute atomic E-state index is 0.00865. The lowest BCUT2D eigenvalue weighted by Crippen LogP contribution is -2.45. The van der Waals surface area contributed by atoms with Crippen molar-refractivity contribution in [1.29, 1.82) is 0 Å². The van der Waals surface area contributed by atoms with Crippen LogP contribution in [0, 0.1) is 0 Å². The zero-order chi connectivity index (χ0) is 30.5. The van der Waals surface area contributed by atoms with Crippen molar-refractivity contribution < 1.29 is 28.6 Å². The largest absolute Gasteiger partial charge is 0.486 e. The van der Waals surface area contributed by atoms with E-state index in [-0.39, 0.29) is 28.4 Å². The van der Waals surface area contributed by atoms with E-state index in [1.807, 2.05) is 0 Å². The van der Waals surface area contributed by atoms with Crippen LogP contribution in [0.25, 0.3) is 0 Å². The van der Waals surface area contributed by atoms with Gasteiger partial charge in [0.2, 0.25) is 5.91 Å². The van der Waals surface area contributed by atoms with Crippen LogP contribution in [0.2, 0.25) is 0 Å². The van der Waals surface area contributed by atoms with Crippen LogP contribution in [0.1, 0.15) is 76.7 Å². The molecule has 0 radical (unpaired) electrons. The highest BCUT2D eigenvalue weighted by Gasteiger charge is 2.37. The summed E-state index contributed by atoms with van der Waals surface area (Å²) in [5.74, 6) is -0.411. The van der Waals surface area contributed by atoms with Crippen LogP contribution in [0.4, 0.5) is 11.4 Å². The molecule has 2 aliphatic heterocycles. The number of hydrogen-bond acceptors (Lipinski definition) is 10. The molecule has 3 aromatic rings. The zero-order valence-electron chi connectivity index (χ0n) is 24.3. The van der Waals surface area contributed by atoms with Gasteiger partial charge in [0.15, 0.2) is 17.2 Å². The third kappa shape index (κ3) is 6.48. The molecule has 232 valence electrons. The Bertz CT molecular complexity index is 1490. The summed E-state index contributed by atoms with van der Waals surface area (Å²) in [7, 11) is 0. The lowest BCUT2D eigenvalue weighted by molar-refractivity contribution is -0.123. The molecule has 1 aromatic carbocycles. The molecule has 1 saturated heterocycles. The molecule has 1 aliphatic carbocycles. The SMILES string of the molecule is Nc1c(C(=O)NC2CCCCC2)nsc1C(=O)N(c1ccc2c(c1)OCCO2)[C@@H](C(=O)NC[C@@H]1CCCO1)c1ccncc1. The van der Waals surface area contributed by atoms with E-state index in [9.17, 15) is 14.4 Å². The smallest absolute Gasteiger partial charge is 0.273 e. The summed E-state index contributed by atoms with van der Waals surface area (Å²) in [5.41, 5.74) is 7.36. The van der Waals surface area contributed by atoms with E-state index in [4.69, 9.17) is 19.9 Å². The third-order valence-electron chi connectivity index (χ3n) is 8.16. The van der Waals surface area contributed by atoms with Crippen LogP contribution in [0.5, 0.6) is 11.5 Å². The van der Waals surface area contributed by atoms with Crippen molar-refractivity contribution in [2.75, 3.05) is 37.0 Å². The average Bonchev–Trinajstić information content (AvgIpc) is 3.72. The number of benzene rings is 1. The number of amides is 3. The number of nitrogens with zero attached hydrogens (tertiary/aromatic N) is 3. The average molecular weight is 621 g/mol. The summed E-state index contributed by atoms with van der Waals surface area (Å²) in [6, 6.07) is 7.38. The van der Waals surface area contributed by atoms with E-state index < -0.39 is 23.8 Å². The van der Waals surface area contributed by atoms with Gasteiger partial charge >= 0.3 is 0 Å². The molecular formula is C31H36N6O6S. The number of carbonyl (C=O) groups excluding carboxylic acids is 3. The van der Waals surface area contributed by atoms with Crippen molar-refractivity contribution in [2.24, 2.45) is 0 Å². The Morgan fingerprint density at radius 3 is 2.50 bits per heavy atom. The van der Waals surface area contributed by atoms with Gasteiger partial charge in [-0.1, -0.05) is 19.3 Å². The number of nitrogens with one attached hydrogen (secondary N) is 2. The Hall–Kier alpha value is -4.23. The Morgan fingerprint density at radius 1 is 0.977 bits per heavy atom. The molecule has 12 nitrogen and oxygen atoms in total. The number of nitrogens with two attached hydrogens (primary N) is 1. The molecule has 1 saturated carbocycles. The Kier molecular flexibility index (Phi) is 9.22. The van der Waals surface area contributed by atoms with Crippen molar-refractivity contribution in [2.45, 2.75) is 63.1 Å². The van der Waals surface area contributed by atoms with Crippen LogP contribution in [-0.4, -0.2) is 65.6 Å². The molecule has 4 N–H and O–H groups in total. The van der Waals surface area contributed by atoms with Gasteiger partial charge in [0.05, 0.1) is 11.8 Å². The monoisotopic (exact) mass is 620 g/mol. The van der Waals surface area contributed by atoms with Crippen LogP contribution in [-0.2, 0) is 9.53 Å². The van der Waals surface area contributed by atoms with E-state index in [1.54, 1.807) is 42.7 Å². The van der Waals surface area contributed by atoms with Gasteiger partial charge in [-0.15, -0.1) is 0 Å². The van der Waals surface area contributed by atoms with Gasteiger partial charge in [0.1, 0.15) is 24.1 Å². The molecule has 3 aliphatic rings. The van der Waals surface area contributed by atoms with Gasteiger partial charge in [0, 0.05) is 43.3 Å². The number of hydrogen-bond donors (Lipinski definition) is 3. The Labute approximate surface area is 259 Å². The number of ether oxygens (including phenoxy) is 3. The molecule has 44 heavy (non-hydrogen) atoms. The second-order valence-corrected chi connectivity index (χ2v) is 11.9. The highest BCUT2D eigenvalue weighted by Crippen LogP contribution is 2.39. The molecular weight excluding hydrogens is 584 g/mol. The normalized spacial score (nSPS) is 18.8. The van der Waals surface area contributed by atoms with E-state index >= 15 is 0 Å². The molecule has 13 heteroatoms. The van der Waals surface area contributed by atoms with Gasteiger partial charge in [-0.25, -0.2) is 0 Å². The van der Waals surface area contributed by atoms with Crippen molar-refractivity contribution >= 4 is 40.6 Å². The first-order valence-corrected chi connectivity index (χ1v) is 15.9. The molecule has 6 rings (SSSR count). The first-order chi connectivity index (χ1) is 21.5. The summed E-state index contributed by atoms with van der Waals surface area (Å²) in [6.07, 6.45) is 9.85. The predicted octanol–water partition coefficient (Wildman–Crippen LogP) is 3.64. The molecule has 2 atom stereocenters. The summed E-state index contributed by atoms with van der Waals surface area (Å²) in [6.45, 7) is 1.71. The fourth-order valence-electron chi connectivity index (χ4n) is 5.87. The standard InChI is InChI=1S/C31H36N6O6S/c32-25-26(29(38)35-20-5-2-1-3-6-20)36-44-28(25)31(40)37(21-8-9-23-24(17-21)43-16-15-42-23)27(19-10-12-33-13-11-19)30(39)34-18-22-7-4-14-41-22/h8-13,17,20,22,27H,1-7,14-16,18,32H2,(H,34,39)(H,35,38)/t22-,27+/m0/s1. The summed E-state index contributed by atoms with van der Waals surface area (Å²) >= 11 is 0.837. The minimum atomic E-state index is -1.12. The van der Waals surface area contributed by atoms with Gasteiger partial charge in [0.25, 0.3) is 11.8 Å². The topological polar surface area (TPSA) is 158 Å². The van der Waals surface area contributed by atoms with Gasteiger partial charge < -0.3 is 30.6 Å². The van der Waals surface area contributed by atoms with Crippen LogP contribution >= 0.6 is 11.5 Å². The van der Waals surface area contributed by atoms with E-state index in [0.29, 0.717) is 49.1 Å². The number of fused-ring (bicyclic) bond motifs is 1. The first-order valence-electron chi connectivity index (χ1n) is 15.1. The van der Waals surface area contributed by atoms with Crippen LogP contribution in [0.3, 0.4) is 0 Å². The van der Waals surface area contributed by atoms with Crippen molar-refractivity contribution in [3.05, 3.63) is 58.9 Å². The van der Waals surface area contributed by atoms with Crippen LogP contribution in [0.15, 0.2) is 42.7 Å². The van der Waals surface area contributed by atoms with Gasteiger partial charge in [-0.2, -0.15) is 4.37 Å². The van der Waals surface area contributed by atoms with Crippen molar-refractivity contribution in [3.63, 3.8) is 0 Å². The number of carbonyl (C=O) groups is 3.